The van der Waals surface area contributed by atoms with Crippen LogP contribution in [0.5, 0.6) is 11.5 Å². The van der Waals surface area contributed by atoms with Crippen molar-refractivity contribution in [3.63, 3.8) is 0 Å². The molecule has 1 heterocycles. The van der Waals surface area contributed by atoms with Gasteiger partial charge in [0.25, 0.3) is 0 Å². The quantitative estimate of drug-likeness (QED) is 0.782. The molecule has 0 unspecified atom stereocenters. The monoisotopic (exact) mass is 343 g/mol. The van der Waals surface area contributed by atoms with Crippen LogP contribution in [-0.2, 0) is 11.8 Å². The highest BCUT2D eigenvalue weighted by atomic mass is 16.5. The summed E-state index contributed by atoms with van der Waals surface area (Å²) >= 11 is 0. The Labute approximate surface area is 148 Å². The van der Waals surface area contributed by atoms with E-state index >= 15 is 0 Å². The predicted octanol–water partition coefficient (Wildman–Crippen LogP) is 3.49. The molecule has 1 N–H and O–H groups in total. The fourth-order valence-corrected chi connectivity index (χ4v) is 2.44. The number of ether oxygens (including phenoxy) is 2. The number of nitrogens with zero attached hydrogens (tertiary/aromatic N) is 2. The summed E-state index contributed by atoms with van der Waals surface area (Å²) in [7, 11) is 1.81. The van der Waals surface area contributed by atoms with E-state index in [4.69, 9.17) is 9.47 Å². The maximum Gasteiger partial charge on any atom is 0.249 e. The van der Waals surface area contributed by atoms with Gasteiger partial charge in [0, 0.05) is 18.7 Å². The molecule has 1 amide bonds. The van der Waals surface area contributed by atoms with Crippen molar-refractivity contribution in [1.82, 2.24) is 9.78 Å². The van der Waals surface area contributed by atoms with Gasteiger partial charge in [-0.1, -0.05) is 6.07 Å². The van der Waals surface area contributed by atoms with Crippen LogP contribution in [0.25, 0.3) is 6.08 Å². The third-order valence-electron chi connectivity index (χ3n) is 3.76. The van der Waals surface area contributed by atoms with Crippen LogP contribution in [0.15, 0.2) is 24.3 Å². The predicted molar refractivity (Wildman–Crippen MR) is 99.1 cm³/mol. The number of amides is 1. The van der Waals surface area contributed by atoms with Gasteiger partial charge >= 0.3 is 0 Å². The zero-order valence-corrected chi connectivity index (χ0v) is 15.4. The second-order valence-electron chi connectivity index (χ2n) is 5.58. The van der Waals surface area contributed by atoms with Gasteiger partial charge in [-0.15, -0.1) is 0 Å². The van der Waals surface area contributed by atoms with Crippen LogP contribution in [-0.4, -0.2) is 28.9 Å². The minimum Gasteiger partial charge on any atom is -0.490 e. The number of hydrogen-bond donors (Lipinski definition) is 1. The molecule has 0 saturated heterocycles. The molecule has 0 aliphatic heterocycles. The number of nitrogens with one attached hydrogen (secondary N) is 1. The van der Waals surface area contributed by atoms with Crippen LogP contribution in [0.2, 0.25) is 0 Å². The largest absolute Gasteiger partial charge is 0.490 e. The number of carbonyl (C=O) groups is 1. The summed E-state index contributed by atoms with van der Waals surface area (Å²) in [5, 5.41) is 7.15. The topological polar surface area (TPSA) is 65.4 Å². The number of carbonyl (C=O) groups excluding carboxylic acids is 1. The first-order chi connectivity index (χ1) is 12.0. The molecule has 1 aromatic carbocycles. The first-order valence-electron chi connectivity index (χ1n) is 8.35. The van der Waals surface area contributed by atoms with Gasteiger partial charge in [0.2, 0.25) is 5.91 Å². The van der Waals surface area contributed by atoms with Crippen LogP contribution in [0.4, 0.5) is 5.82 Å². The van der Waals surface area contributed by atoms with E-state index in [9.17, 15) is 4.79 Å². The second kappa shape index (κ2) is 8.37. The standard InChI is InChI=1S/C19H25N3O3/c1-6-24-16-10-8-15(12-17(16)25-7-2)9-11-18(23)20-19-13(3)14(4)21-22(19)5/h8-12H,6-7H2,1-5H3,(H,20,23)/b11-9+. The lowest BCUT2D eigenvalue weighted by atomic mass is 10.2. The second-order valence-corrected chi connectivity index (χ2v) is 5.58. The highest BCUT2D eigenvalue weighted by Crippen LogP contribution is 2.29. The minimum absolute atomic E-state index is 0.210. The molecule has 0 radical (unpaired) electrons. The van der Waals surface area contributed by atoms with E-state index in [0.717, 1.165) is 16.8 Å². The third-order valence-corrected chi connectivity index (χ3v) is 3.76. The van der Waals surface area contributed by atoms with Gasteiger partial charge < -0.3 is 14.8 Å². The molecule has 6 heteroatoms. The average molecular weight is 343 g/mol. The van der Waals surface area contributed by atoms with E-state index < -0.39 is 0 Å². The van der Waals surface area contributed by atoms with Crippen molar-refractivity contribution in [2.24, 2.45) is 7.05 Å². The molecule has 0 fully saturated rings. The average Bonchev–Trinajstić information content (AvgIpc) is 2.82. The molecule has 0 saturated carbocycles. The molecule has 0 spiro atoms. The Bertz CT molecular complexity index is 778. The van der Waals surface area contributed by atoms with Gasteiger partial charge in [0.15, 0.2) is 11.5 Å². The molecule has 2 rings (SSSR count). The lowest BCUT2D eigenvalue weighted by molar-refractivity contribution is -0.111. The van der Waals surface area contributed by atoms with Crippen LogP contribution in [0.3, 0.4) is 0 Å². The van der Waals surface area contributed by atoms with E-state index in [1.807, 2.05) is 45.9 Å². The highest BCUT2D eigenvalue weighted by molar-refractivity contribution is 6.01. The Hall–Kier alpha value is -2.76. The number of aromatic nitrogens is 2. The summed E-state index contributed by atoms with van der Waals surface area (Å²) in [5.74, 6) is 1.86. The van der Waals surface area contributed by atoms with E-state index in [1.165, 1.54) is 6.08 Å². The van der Waals surface area contributed by atoms with Gasteiger partial charge in [-0.25, -0.2) is 0 Å². The van der Waals surface area contributed by atoms with Crippen LogP contribution >= 0.6 is 0 Å². The SMILES string of the molecule is CCOc1ccc(/C=C/C(=O)Nc2c(C)c(C)nn2C)cc1OCC. The molecule has 0 bridgehead atoms. The van der Waals surface area contributed by atoms with Gasteiger partial charge in [-0.3, -0.25) is 9.48 Å². The van der Waals surface area contributed by atoms with Crippen molar-refractivity contribution < 1.29 is 14.3 Å². The van der Waals surface area contributed by atoms with Crippen molar-refractivity contribution >= 4 is 17.8 Å². The molecule has 2 aromatic rings. The molecule has 134 valence electrons. The van der Waals surface area contributed by atoms with Gasteiger partial charge in [-0.2, -0.15) is 5.10 Å². The van der Waals surface area contributed by atoms with Crippen molar-refractivity contribution in [1.29, 1.82) is 0 Å². The fraction of sp³-hybridized carbons (Fsp3) is 0.368. The zero-order chi connectivity index (χ0) is 18.4. The van der Waals surface area contributed by atoms with Crippen molar-refractivity contribution in [3.05, 3.63) is 41.1 Å². The molecular weight excluding hydrogens is 318 g/mol. The fourth-order valence-electron chi connectivity index (χ4n) is 2.44. The summed E-state index contributed by atoms with van der Waals surface area (Å²) in [6, 6.07) is 5.59. The van der Waals surface area contributed by atoms with Gasteiger partial charge in [-0.05, 0) is 51.5 Å². The molecule has 1 aromatic heterocycles. The maximum absolute atomic E-state index is 12.2. The molecule has 0 aliphatic carbocycles. The Kier molecular flexibility index (Phi) is 6.22. The Balaban J connectivity index is 2.12. The number of anilines is 1. The van der Waals surface area contributed by atoms with Crippen LogP contribution < -0.4 is 14.8 Å². The smallest absolute Gasteiger partial charge is 0.249 e. The zero-order valence-electron chi connectivity index (χ0n) is 15.4. The first kappa shape index (κ1) is 18.6. The minimum atomic E-state index is -0.210. The summed E-state index contributed by atoms with van der Waals surface area (Å²) in [6.45, 7) is 8.81. The van der Waals surface area contributed by atoms with Gasteiger partial charge in [0.1, 0.15) is 5.82 Å². The first-order valence-corrected chi connectivity index (χ1v) is 8.35. The number of benzene rings is 1. The van der Waals surface area contributed by atoms with Crippen molar-refractivity contribution in [3.8, 4) is 11.5 Å². The normalized spacial score (nSPS) is 10.9. The molecule has 0 atom stereocenters. The number of aryl methyl sites for hydroxylation is 2. The lowest BCUT2D eigenvalue weighted by Gasteiger charge is -2.11. The Morgan fingerprint density at radius 3 is 2.48 bits per heavy atom. The third kappa shape index (κ3) is 4.62. The summed E-state index contributed by atoms with van der Waals surface area (Å²) in [6.07, 6.45) is 3.24. The van der Waals surface area contributed by atoms with E-state index in [0.29, 0.717) is 30.5 Å². The van der Waals surface area contributed by atoms with E-state index in [1.54, 1.807) is 17.8 Å². The molecule has 0 aliphatic rings. The number of hydrogen-bond acceptors (Lipinski definition) is 4. The highest BCUT2D eigenvalue weighted by Gasteiger charge is 2.10. The van der Waals surface area contributed by atoms with Crippen LogP contribution in [0, 0.1) is 13.8 Å². The molecule has 25 heavy (non-hydrogen) atoms. The van der Waals surface area contributed by atoms with Gasteiger partial charge in [0.05, 0.1) is 18.9 Å². The summed E-state index contributed by atoms with van der Waals surface area (Å²) in [4.78, 5) is 12.2. The summed E-state index contributed by atoms with van der Waals surface area (Å²) < 4.78 is 12.8. The van der Waals surface area contributed by atoms with E-state index in [-0.39, 0.29) is 5.91 Å². The Morgan fingerprint density at radius 2 is 1.88 bits per heavy atom. The maximum atomic E-state index is 12.2. The van der Waals surface area contributed by atoms with Crippen molar-refractivity contribution in [2.75, 3.05) is 18.5 Å². The van der Waals surface area contributed by atoms with E-state index in [2.05, 4.69) is 10.4 Å². The molecule has 6 nitrogen and oxygen atoms in total. The Morgan fingerprint density at radius 1 is 1.20 bits per heavy atom. The number of rotatable bonds is 7. The van der Waals surface area contributed by atoms with Crippen molar-refractivity contribution in [2.45, 2.75) is 27.7 Å². The van der Waals surface area contributed by atoms with Crippen LogP contribution in [0.1, 0.15) is 30.7 Å². The molecular formula is C19H25N3O3. The lowest BCUT2D eigenvalue weighted by Crippen LogP contribution is -2.12. The summed E-state index contributed by atoms with van der Waals surface area (Å²) in [5.41, 5.74) is 2.72.